The Labute approximate surface area is 83.5 Å². The van der Waals surface area contributed by atoms with E-state index in [0.29, 0.717) is 0 Å². The van der Waals surface area contributed by atoms with Crippen molar-refractivity contribution in [3.63, 3.8) is 0 Å². The zero-order valence-corrected chi connectivity index (χ0v) is 8.09. The summed E-state index contributed by atoms with van der Waals surface area (Å²) in [6, 6.07) is 8.04. The van der Waals surface area contributed by atoms with Gasteiger partial charge in [-0.15, -0.1) is 0 Å². The van der Waals surface area contributed by atoms with Crippen molar-refractivity contribution < 1.29 is 0 Å². The van der Waals surface area contributed by atoms with Gasteiger partial charge in [0.25, 0.3) is 0 Å². The van der Waals surface area contributed by atoms with Crippen LogP contribution in [0.1, 0.15) is 12.0 Å². The maximum absolute atomic E-state index is 5.80. The van der Waals surface area contributed by atoms with Crippen molar-refractivity contribution in [3.8, 4) is 0 Å². The van der Waals surface area contributed by atoms with Gasteiger partial charge in [0.05, 0.1) is 0 Å². The van der Waals surface area contributed by atoms with Crippen LogP contribution < -0.4 is 0 Å². The predicted molar refractivity (Wildman–Crippen MR) is 57.0 cm³/mol. The molecule has 0 aromatic heterocycles. The first-order valence-electron chi connectivity index (χ1n) is 4.44. The van der Waals surface area contributed by atoms with E-state index in [0.717, 1.165) is 17.9 Å². The monoisotopic (exact) mass is 190 g/mol. The second-order valence-electron chi connectivity index (χ2n) is 3.22. The maximum Gasteiger partial charge on any atom is 0.0406 e. The lowest BCUT2D eigenvalue weighted by Gasteiger charge is -2.00. The first kappa shape index (κ1) is 8.58. The smallest absolute Gasteiger partial charge is 0.0406 e. The minimum absolute atomic E-state index is 0.805. The third-order valence-electron chi connectivity index (χ3n) is 2.17. The van der Waals surface area contributed by atoms with Crippen molar-refractivity contribution in [3.05, 3.63) is 58.7 Å². The van der Waals surface area contributed by atoms with E-state index in [4.69, 9.17) is 11.6 Å². The molecule has 66 valence electrons. The minimum Gasteiger partial charge on any atom is -0.0843 e. The molecule has 0 atom stereocenters. The lowest BCUT2D eigenvalue weighted by Crippen LogP contribution is -1.85. The second-order valence-corrected chi connectivity index (χ2v) is 3.66. The fourth-order valence-corrected chi connectivity index (χ4v) is 1.60. The lowest BCUT2D eigenvalue weighted by atomic mass is 10.1. The van der Waals surface area contributed by atoms with Crippen LogP contribution in [0.2, 0.25) is 5.02 Å². The van der Waals surface area contributed by atoms with Crippen molar-refractivity contribution in [1.82, 2.24) is 0 Å². The first-order valence-corrected chi connectivity index (χ1v) is 4.82. The summed E-state index contributed by atoms with van der Waals surface area (Å²) >= 11 is 5.80. The van der Waals surface area contributed by atoms with Crippen molar-refractivity contribution in [2.24, 2.45) is 0 Å². The fourth-order valence-electron chi connectivity index (χ4n) is 1.48. The summed E-state index contributed by atoms with van der Waals surface area (Å²) in [6.45, 7) is 0. The van der Waals surface area contributed by atoms with Gasteiger partial charge >= 0.3 is 0 Å². The first-order chi connectivity index (χ1) is 6.34. The summed E-state index contributed by atoms with van der Waals surface area (Å²) in [5.41, 5.74) is 2.73. The maximum atomic E-state index is 5.80. The molecule has 1 heteroatoms. The van der Waals surface area contributed by atoms with Gasteiger partial charge in [0, 0.05) is 5.02 Å². The van der Waals surface area contributed by atoms with Crippen molar-refractivity contribution in [2.75, 3.05) is 0 Å². The normalized spacial score (nSPS) is 14.7. The Morgan fingerprint density at radius 2 is 1.92 bits per heavy atom. The molecule has 0 saturated carbocycles. The van der Waals surface area contributed by atoms with Gasteiger partial charge in [-0.2, -0.15) is 0 Å². The highest BCUT2D eigenvalue weighted by molar-refractivity contribution is 6.30. The molecular weight excluding hydrogens is 180 g/mol. The van der Waals surface area contributed by atoms with E-state index in [1.54, 1.807) is 0 Å². The van der Waals surface area contributed by atoms with Crippen LogP contribution in [0, 0.1) is 0 Å². The average Bonchev–Trinajstić information content (AvgIpc) is 2.62. The second kappa shape index (κ2) is 3.80. The Balaban J connectivity index is 2.09. The van der Waals surface area contributed by atoms with Crippen LogP contribution in [0.5, 0.6) is 0 Å². The SMILES string of the molecule is Clc1ccc(CC2=CCC=C2)cc1. The van der Waals surface area contributed by atoms with E-state index < -0.39 is 0 Å². The van der Waals surface area contributed by atoms with Gasteiger partial charge in [-0.05, 0) is 36.1 Å². The Bertz CT molecular complexity index is 344. The summed E-state index contributed by atoms with van der Waals surface area (Å²) in [6.07, 6.45) is 8.74. The molecule has 0 nitrogen and oxygen atoms in total. The Morgan fingerprint density at radius 3 is 2.54 bits per heavy atom. The van der Waals surface area contributed by atoms with Crippen molar-refractivity contribution in [1.29, 1.82) is 0 Å². The summed E-state index contributed by atoms with van der Waals surface area (Å²) in [4.78, 5) is 0. The molecule has 0 amide bonds. The van der Waals surface area contributed by atoms with Crippen LogP contribution in [0.25, 0.3) is 0 Å². The number of rotatable bonds is 2. The van der Waals surface area contributed by atoms with Crippen LogP contribution in [0.4, 0.5) is 0 Å². The number of hydrogen-bond acceptors (Lipinski definition) is 0. The predicted octanol–water partition coefficient (Wildman–Crippen LogP) is 3.77. The molecule has 0 bridgehead atoms. The van der Waals surface area contributed by atoms with Gasteiger partial charge in [0.15, 0.2) is 0 Å². The highest BCUT2D eigenvalue weighted by Crippen LogP contribution is 2.16. The minimum atomic E-state index is 0.805. The number of halogens is 1. The molecule has 1 aromatic carbocycles. The fraction of sp³-hybridized carbons (Fsp3) is 0.167. The summed E-state index contributed by atoms with van der Waals surface area (Å²) in [5, 5.41) is 0.805. The topological polar surface area (TPSA) is 0 Å². The van der Waals surface area contributed by atoms with Gasteiger partial charge < -0.3 is 0 Å². The zero-order chi connectivity index (χ0) is 9.10. The van der Waals surface area contributed by atoms with Crippen LogP contribution in [-0.4, -0.2) is 0 Å². The zero-order valence-electron chi connectivity index (χ0n) is 7.33. The molecule has 0 aliphatic heterocycles. The number of benzene rings is 1. The van der Waals surface area contributed by atoms with E-state index in [-0.39, 0.29) is 0 Å². The molecule has 13 heavy (non-hydrogen) atoms. The quantitative estimate of drug-likeness (QED) is 0.666. The Morgan fingerprint density at radius 1 is 1.15 bits per heavy atom. The molecule has 1 aromatic rings. The van der Waals surface area contributed by atoms with Crippen molar-refractivity contribution in [2.45, 2.75) is 12.8 Å². The van der Waals surface area contributed by atoms with Gasteiger partial charge in [-0.25, -0.2) is 0 Å². The van der Waals surface area contributed by atoms with E-state index >= 15 is 0 Å². The van der Waals surface area contributed by atoms with E-state index in [2.05, 4.69) is 30.4 Å². The third-order valence-corrected chi connectivity index (χ3v) is 2.42. The summed E-state index contributed by atoms with van der Waals surface area (Å²) in [7, 11) is 0. The van der Waals surface area contributed by atoms with Crippen LogP contribution in [0.3, 0.4) is 0 Å². The number of allylic oxidation sites excluding steroid dienone is 4. The molecule has 1 aliphatic rings. The molecule has 2 rings (SSSR count). The largest absolute Gasteiger partial charge is 0.0843 e. The molecule has 1 aliphatic carbocycles. The molecule has 0 heterocycles. The average molecular weight is 191 g/mol. The molecule has 0 spiro atoms. The van der Waals surface area contributed by atoms with Crippen molar-refractivity contribution >= 4 is 11.6 Å². The summed E-state index contributed by atoms with van der Waals surface area (Å²) < 4.78 is 0. The molecule has 0 radical (unpaired) electrons. The number of hydrogen-bond donors (Lipinski definition) is 0. The highest BCUT2D eigenvalue weighted by Gasteiger charge is 1.99. The van der Waals surface area contributed by atoms with E-state index in [1.807, 2.05) is 12.1 Å². The molecule has 0 fully saturated rings. The van der Waals surface area contributed by atoms with Gasteiger partial charge in [-0.1, -0.05) is 42.0 Å². The van der Waals surface area contributed by atoms with Gasteiger partial charge in [0.1, 0.15) is 0 Å². The molecule has 0 unspecified atom stereocenters. The third kappa shape index (κ3) is 2.22. The Hall–Kier alpha value is -1.01. The summed E-state index contributed by atoms with van der Waals surface area (Å²) in [5.74, 6) is 0. The van der Waals surface area contributed by atoms with E-state index in [1.165, 1.54) is 11.1 Å². The highest BCUT2D eigenvalue weighted by atomic mass is 35.5. The van der Waals surface area contributed by atoms with Crippen LogP contribution in [0.15, 0.2) is 48.1 Å². The molecular formula is C12H11Cl. The Kier molecular flexibility index (Phi) is 2.51. The van der Waals surface area contributed by atoms with Crippen LogP contribution >= 0.6 is 11.6 Å². The molecule has 0 saturated heterocycles. The standard InChI is InChI=1S/C12H11Cl/c13-12-7-5-11(6-8-12)9-10-3-1-2-4-10/h1,3-8H,2,9H2. The molecule has 0 N–H and O–H groups in total. The van der Waals surface area contributed by atoms with Gasteiger partial charge in [-0.3, -0.25) is 0 Å². The van der Waals surface area contributed by atoms with E-state index in [9.17, 15) is 0 Å². The lowest BCUT2D eigenvalue weighted by molar-refractivity contribution is 1.20. The van der Waals surface area contributed by atoms with Crippen LogP contribution in [-0.2, 0) is 6.42 Å². The van der Waals surface area contributed by atoms with Gasteiger partial charge in [0.2, 0.25) is 0 Å².